The van der Waals surface area contributed by atoms with Crippen LogP contribution in [0.25, 0.3) is 0 Å². The van der Waals surface area contributed by atoms with E-state index < -0.39 is 0 Å². The lowest BCUT2D eigenvalue weighted by Gasteiger charge is -2.00. The maximum Gasteiger partial charge on any atom is 0.146 e. The molecule has 0 bridgehead atoms. The van der Waals surface area contributed by atoms with Crippen molar-refractivity contribution in [2.75, 3.05) is 0 Å². The third-order valence-electron chi connectivity index (χ3n) is 6.07. The maximum atomic E-state index is 11.1. The molecular formula is C34H50O2. The molecule has 0 aliphatic heterocycles. The van der Waals surface area contributed by atoms with Gasteiger partial charge >= 0.3 is 0 Å². The summed E-state index contributed by atoms with van der Waals surface area (Å²) in [7, 11) is 0. The van der Waals surface area contributed by atoms with Gasteiger partial charge in [-0.05, 0) is 66.0 Å². The number of Topliss-reactive ketones (excluding diaryl/α,β-unsaturated/α-hetero) is 2. The minimum absolute atomic E-state index is 0. The highest BCUT2D eigenvalue weighted by molar-refractivity contribution is 6.09. The molecule has 0 N–H and O–H groups in total. The van der Waals surface area contributed by atoms with E-state index in [0.717, 1.165) is 6.42 Å². The predicted octanol–water partition coefficient (Wildman–Crippen LogP) is 9.37. The van der Waals surface area contributed by atoms with Crippen molar-refractivity contribution in [1.82, 2.24) is 0 Å². The van der Waals surface area contributed by atoms with Gasteiger partial charge in [0.1, 0.15) is 11.6 Å². The van der Waals surface area contributed by atoms with Gasteiger partial charge in [-0.15, -0.1) is 0 Å². The fourth-order valence-electron chi connectivity index (χ4n) is 3.48. The van der Waals surface area contributed by atoms with E-state index in [1.807, 2.05) is 6.92 Å². The Kier molecular flexibility index (Phi) is 17.9. The first-order chi connectivity index (χ1) is 16.0. The van der Waals surface area contributed by atoms with Gasteiger partial charge in [0.15, 0.2) is 0 Å². The van der Waals surface area contributed by atoms with Gasteiger partial charge in [-0.25, -0.2) is 0 Å². The van der Waals surface area contributed by atoms with Crippen LogP contribution in [0.5, 0.6) is 0 Å². The van der Waals surface area contributed by atoms with E-state index >= 15 is 0 Å². The second kappa shape index (κ2) is 18.3. The highest BCUT2D eigenvalue weighted by atomic mass is 16.2. The van der Waals surface area contributed by atoms with Crippen LogP contribution < -0.4 is 0 Å². The molecule has 1 fully saturated rings. The van der Waals surface area contributed by atoms with Gasteiger partial charge in [0, 0.05) is 12.3 Å². The summed E-state index contributed by atoms with van der Waals surface area (Å²) in [5.74, 6) is -0.0169. The average molecular weight is 491 g/mol. The Morgan fingerprint density at radius 1 is 0.639 bits per heavy atom. The zero-order valence-corrected chi connectivity index (χ0v) is 22.3. The number of aryl methyl sites for hydroxylation is 6. The lowest BCUT2D eigenvalue weighted by atomic mass is 10.0. The Bertz CT molecular complexity index is 972. The van der Waals surface area contributed by atoms with Crippen LogP contribution in [0.2, 0.25) is 0 Å². The Hall–Kier alpha value is -3.00. The summed E-state index contributed by atoms with van der Waals surface area (Å²) in [5, 5.41) is 0. The van der Waals surface area contributed by atoms with Crippen molar-refractivity contribution >= 4 is 11.6 Å². The molecule has 1 aliphatic rings. The molecule has 4 rings (SSSR count). The highest BCUT2D eigenvalue weighted by Gasteiger charge is 2.36. The molecule has 1 saturated carbocycles. The monoisotopic (exact) mass is 490 g/mol. The number of benzene rings is 3. The molecule has 198 valence electrons. The van der Waals surface area contributed by atoms with Crippen LogP contribution in [0, 0.1) is 53.4 Å². The molecule has 0 aromatic heterocycles. The molecule has 2 nitrogen and oxygen atoms in total. The predicted molar refractivity (Wildman–Crippen MR) is 159 cm³/mol. The second-order valence-corrected chi connectivity index (χ2v) is 9.30. The summed E-state index contributed by atoms with van der Waals surface area (Å²) in [4.78, 5) is 22.1. The van der Waals surface area contributed by atoms with Gasteiger partial charge in [-0.1, -0.05) is 117 Å². The Morgan fingerprint density at radius 2 is 1.06 bits per heavy atom. The summed E-state index contributed by atoms with van der Waals surface area (Å²) < 4.78 is 0. The van der Waals surface area contributed by atoms with Crippen LogP contribution in [0.15, 0.2) is 72.8 Å². The summed E-state index contributed by atoms with van der Waals surface area (Å²) in [6.45, 7) is 16.3. The third-order valence-corrected chi connectivity index (χ3v) is 6.07. The van der Waals surface area contributed by atoms with E-state index in [2.05, 4.69) is 114 Å². The van der Waals surface area contributed by atoms with E-state index in [1.54, 1.807) is 6.92 Å². The van der Waals surface area contributed by atoms with Crippen molar-refractivity contribution in [3.63, 3.8) is 0 Å². The van der Waals surface area contributed by atoms with Crippen molar-refractivity contribution in [2.24, 2.45) is 11.8 Å². The lowest BCUT2D eigenvalue weighted by molar-refractivity contribution is -0.127. The molecule has 0 saturated heterocycles. The maximum absolute atomic E-state index is 11.1. The molecule has 2 unspecified atom stereocenters. The average Bonchev–Trinajstić information content (AvgIpc) is 3.05. The summed E-state index contributed by atoms with van der Waals surface area (Å²) >= 11 is 0. The summed E-state index contributed by atoms with van der Waals surface area (Å²) in [5.41, 5.74) is 8.07. The number of hydrogen-bond donors (Lipinski definition) is 0. The number of carbonyl (C=O) groups is 2. The molecule has 3 aromatic rings. The van der Waals surface area contributed by atoms with Crippen molar-refractivity contribution in [1.29, 1.82) is 0 Å². The summed E-state index contributed by atoms with van der Waals surface area (Å²) in [6, 6.07) is 25.3. The van der Waals surface area contributed by atoms with Gasteiger partial charge < -0.3 is 0 Å². The van der Waals surface area contributed by atoms with Gasteiger partial charge in [0.25, 0.3) is 0 Å². The zero-order valence-electron chi connectivity index (χ0n) is 22.3. The quantitative estimate of drug-likeness (QED) is 0.318. The molecule has 0 heterocycles. The topological polar surface area (TPSA) is 34.1 Å². The van der Waals surface area contributed by atoms with E-state index in [0.29, 0.717) is 6.42 Å². The minimum Gasteiger partial charge on any atom is -0.299 e. The van der Waals surface area contributed by atoms with Gasteiger partial charge in [-0.2, -0.15) is 0 Å². The van der Waals surface area contributed by atoms with E-state index in [-0.39, 0.29) is 38.3 Å². The number of hydrogen-bond acceptors (Lipinski definition) is 2. The number of carbonyl (C=O) groups excluding carboxylic acids is 2. The largest absolute Gasteiger partial charge is 0.299 e. The fourth-order valence-corrected chi connectivity index (χ4v) is 3.48. The van der Waals surface area contributed by atoms with Crippen LogP contribution in [0.4, 0.5) is 0 Å². The smallest absolute Gasteiger partial charge is 0.146 e. The first kappa shape index (κ1) is 35.2. The van der Waals surface area contributed by atoms with Crippen molar-refractivity contribution in [2.45, 2.75) is 83.1 Å². The van der Waals surface area contributed by atoms with Crippen molar-refractivity contribution in [3.05, 3.63) is 106 Å². The first-order valence-corrected chi connectivity index (χ1v) is 12.2. The Morgan fingerprint density at radius 3 is 1.28 bits per heavy atom. The molecule has 3 aromatic carbocycles. The SMILES string of the molecule is C.C.CCC1CC(=O)C(C)C1=O.Cc1ccc(C)cc1.Cc1cccc(C)c1.Cc1ccccc1C. The molecule has 36 heavy (non-hydrogen) atoms. The van der Waals surface area contributed by atoms with Crippen molar-refractivity contribution < 1.29 is 9.59 Å². The number of ketones is 2. The van der Waals surface area contributed by atoms with E-state index in [4.69, 9.17) is 0 Å². The molecule has 2 atom stereocenters. The van der Waals surface area contributed by atoms with Crippen LogP contribution in [-0.4, -0.2) is 11.6 Å². The second-order valence-electron chi connectivity index (χ2n) is 9.30. The fraction of sp³-hybridized carbons (Fsp3) is 0.412. The third kappa shape index (κ3) is 13.2. The van der Waals surface area contributed by atoms with E-state index in [1.165, 1.54) is 33.4 Å². The molecule has 0 spiro atoms. The standard InChI is InChI=1S/C8H12O2.3C8H10.2CH4/c1-3-6-4-7(9)5(2)8(6)10;1-7-3-5-8(2)6-4-7;1-7-4-3-5-8(2)6-7;1-7-5-3-4-6-8(7)2;;/h5-6H,3-4H2,1-2H3;3*3-6H,1-2H3;2*1H4. The van der Waals surface area contributed by atoms with Gasteiger partial charge in [-0.3, -0.25) is 9.59 Å². The first-order valence-electron chi connectivity index (χ1n) is 12.2. The normalized spacial score (nSPS) is 15.4. The minimum atomic E-state index is -0.315. The van der Waals surface area contributed by atoms with Crippen molar-refractivity contribution in [3.8, 4) is 0 Å². The van der Waals surface area contributed by atoms with Crippen LogP contribution in [-0.2, 0) is 9.59 Å². The molecule has 2 heteroatoms. The Balaban J connectivity index is 0. The van der Waals surface area contributed by atoms with Crippen LogP contribution in [0.3, 0.4) is 0 Å². The van der Waals surface area contributed by atoms with Gasteiger partial charge in [0.2, 0.25) is 0 Å². The lowest BCUT2D eigenvalue weighted by Crippen LogP contribution is -2.12. The van der Waals surface area contributed by atoms with Gasteiger partial charge in [0.05, 0.1) is 5.92 Å². The Labute approximate surface area is 222 Å². The molecule has 0 amide bonds. The zero-order chi connectivity index (χ0) is 25.7. The van der Waals surface area contributed by atoms with Crippen LogP contribution >= 0.6 is 0 Å². The summed E-state index contributed by atoms with van der Waals surface area (Å²) in [6.07, 6.45) is 1.30. The molecule has 1 aliphatic carbocycles. The van der Waals surface area contributed by atoms with E-state index in [9.17, 15) is 9.59 Å². The van der Waals surface area contributed by atoms with Crippen LogP contribution in [0.1, 0.15) is 74.9 Å². The number of rotatable bonds is 1. The highest BCUT2D eigenvalue weighted by Crippen LogP contribution is 2.25. The molecular weight excluding hydrogens is 440 g/mol. The molecule has 0 radical (unpaired) electrons.